The molecule has 0 aromatic carbocycles. The second kappa shape index (κ2) is 6.56. The lowest BCUT2D eigenvalue weighted by Gasteiger charge is -2.15. The van der Waals surface area contributed by atoms with E-state index in [4.69, 9.17) is 4.74 Å². The fourth-order valence-electron chi connectivity index (χ4n) is 1.13. The molecule has 0 saturated heterocycles. The zero-order chi connectivity index (χ0) is 10.4. The number of hydrogen-bond donors (Lipinski definition) is 0. The summed E-state index contributed by atoms with van der Waals surface area (Å²) in [4.78, 5) is 3.65. The Hall–Kier alpha value is 0.100. The van der Waals surface area contributed by atoms with E-state index in [-0.39, 0.29) is 0 Å². The molecule has 0 aliphatic heterocycles. The third kappa shape index (κ3) is 4.09. The molecule has 0 bridgehead atoms. The predicted octanol–water partition coefficient (Wildman–Crippen LogP) is 2.98. The maximum atomic E-state index is 5.30. The van der Waals surface area contributed by atoms with E-state index >= 15 is 0 Å². The van der Waals surface area contributed by atoms with Gasteiger partial charge in [0.2, 0.25) is 0 Å². The van der Waals surface area contributed by atoms with Gasteiger partial charge < -0.3 is 4.74 Å². The molecule has 1 heterocycles. The standard InChI is InChI=1S/C10H16BrNOS/c1-3-13-6-5-12(2)8-10-9(11)4-7-14-10/h4,7H,3,5-6,8H2,1-2H3. The molecule has 0 atom stereocenters. The molecule has 80 valence electrons. The van der Waals surface area contributed by atoms with Gasteiger partial charge in [0.1, 0.15) is 0 Å². The van der Waals surface area contributed by atoms with Crippen LogP contribution in [0.25, 0.3) is 0 Å². The summed E-state index contributed by atoms with van der Waals surface area (Å²) in [6.45, 7) is 5.62. The van der Waals surface area contributed by atoms with Gasteiger partial charge in [-0.15, -0.1) is 11.3 Å². The van der Waals surface area contributed by atoms with Gasteiger partial charge in [0.15, 0.2) is 0 Å². The van der Waals surface area contributed by atoms with E-state index < -0.39 is 0 Å². The second-order valence-corrected chi connectivity index (χ2v) is 4.98. The molecule has 0 amide bonds. The van der Waals surface area contributed by atoms with Crippen molar-refractivity contribution in [2.45, 2.75) is 13.5 Å². The highest BCUT2D eigenvalue weighted by atomic mass is 79.9. The van der Waals surface area contributed by atoms with E-state index in [0.29, 0.717) is 0 Å². The normalized spacial score (nSPS) is 11.1. The molecule has 0 radical (unpaired) electrons. The average molecular weight is 278 g/mol. The van der Waals surface area contributed by atoms with Crippen LogP contribution < -0.4 is 0 Å². The van der Waals surface area contributed by atoms with Crippen molar-refractivity contribution in [2.24, 2.45) is 0 Å². The largest absolute Gasteiger partial charge is 0.380 e. The number of thiophene rings is 1. The Bertz CT molecular complexity index is 264. The lowest BCUT2D eigenvalue weighted by atomic mass is 10.4. The molecule has 1 aromatic rings. The second-order valence-electron chi connectivity index (χ2n) is 3.13. The highest BCUT2D eigenvalue weighted by molar-refractivity contribution is 9.10. The van der Waals surface area contributed by atoms with Gasteiger partial charge in [-0.3, -0.25) is 4.90 Å². The molecule has 1 rings (SSSR count). The van der Waals surface area contributed by atoms with Crippen LogP contribution in [-0.4, -0.2) is 31.7 Å². The van der Waals surface area contributed by atoms with Gasteiger partial charge in [0.25, 0.3) is 0 Å². The Kier molecular flexibility index (Phi) is 5.70. The van der Waals surface area contributed by atoms with Crippen LogP contribution >= 0.6 is 27.3 Å². The summed E-state index contributed by atoms with van der Waals surface area (Å²) in [5.41, 5.74) is 0. The summed E-state index contributed by atoms with van der Waals surface area (Å²) in [6.07, 6.45) is 0. The molecule has 0 saturated carbocycles. The minimum atomic E-state index is 0.802. The molecule has 0 aliphatic carbocycles. The molecule has 2 nitrogen and oxygen atoms in total. The first-order chi connectivity index (χ1) is 6.74. The van der Waals surface area contributed by atoms with Crippen molar-refractivity contribution < 1.29 is 4.74 Å². The third-order valence-electron chi connectivity index (χ3n) is 1.93. The van der Waals surface area contributed by atoms with Crippen LogP contribution in [0, 0.1) is 0 Å². The number of rotatable bonds is 6. The Balaban J connectivity index is 2.27. The van der Waals surface area contributed by atoms with Crippen LogP contribution in [0.5, 0.6) is 0 Å². The van der Waals surface area contributed by atoms with Crippen molar-refractivity contribution in [3.8, 4) is 0 Å². The number of ether oxygens (including phenoxy) is 1. The van der Waals surface area contributed by atoms with Crippen LogP contribution in [0.15, 0.2) is 15.9 Å². The first kappa shape index (κ1) is 12.2. The maximum Gasteiger partial charge on any atom is 0.0593 e. The van der Waals surface area contributed by atoms with Crippen molar-refractivity contribution in [1.29, 1.82) is 0 Å². The molecule has 14 heavy (non-hydrogen) atoms. The third-order valence-corrected chi connectivity index (χ3v) is 3.84. The maximum absolute atomic E-state index is 5.30. The number of nitrogens with zero attached hydrogens (tertiary/aromatic N) is 1. The van der Waals surface area contributed by atoms with Crippen LogP contribution in [0.3, 0.4) is 0 Å². The Morgan fingerprint density at radius 3 is 2.93 bits per heavy atom. The van der Waals surface area contributed by atoms with Crippen molar-refractivity contribution in [1.82, 2.24) is 4.90 Å². The number of likely N-dealkylation sites (N-methyl/N-ethyl adjacent to an activating group) is 1. The van der Waals surface area contributed by atoms with E-state index in [1.54, 1.807) is 11.3 Å². The Morgan fingerprint density at radius 2 is 2.36 bits per heavy atom. The van der Waals surface area contributed by atoms with E-state index in [2.05, 4.69) is 39.3 Å². The number of halogens is 1. The molecule has 4 heteroatoms. The van der Waals surface area contributed by atoms with Gasteiger partial charge in [-0.25, -0.2) is 0 Å². The minimum Gasteiger partial charge on any atom is -0.380 e. The van der Waals surface area contributed by atoms with Crippen molar-refractivity contribution in [3.05, 3.63) is 20.8 Å². The van der Waals surface area contributed by atoms with Crippen LogP contribution in [0.1, 0.15) is 11.8 Å². The summed E-state index contributed by atoms with van der Waals surface area (Å²) in [5.74, 6) is 0. The zero-order valence-corrected chi connectivity index (χ0v) is 11.0. The zero-order valence-electron chi connectivity index (χ0n) is 8.62. The van der Waals surface area contributed by atoms with E-state index in [0.717, 1.165) is 26.3 Å². The highest BCUT2D eigenvalue weighted by Gasteiger charge is 2.04. The van der Waals surface area contributed by atoms with Gasteiger partial charge in [0, 0.05) is 29.0 Å². The molecular weight excluding hydrogens is 262 g/mol. The molecular formula is C10H16BrNOS. The van der Waals surface area contributed by atoms with Crippen molar-refractivity contribution >= 4 is 27.3 Å². The summed E-state index contributed by atoms with van der Waals surface area (Å²) in [5, 5.41) is 2.11. The Labute approximate surface area is 98.0 Å². The fraction of sp³-hybridized carbons (Fsp3) is 0.600. The smallest absolute Gasteiger partial charge is 0.0593 e. The lowest BCUT2D eigenvalue weighted by Crippen LogP contribution is -2.22. The summed E-state index contributed by atoms with van der Waals surface area (Å²) in [7, 11) is 2.12. The van der Waals surface area contributed by atoms with E-state index in [1.807, 2.05) is 6.92 Å². The first-order valence-electron chi connectivity index (χ1n) is 4.72. The van der Waals surface area contributed by atoms with E-state index in [9.17, 15) is 0 Å². The quantitative estimate of drug-likeness (QED) is 0.742. The molecule has 0 spiro atoms. The van der Waals surface area contributed by atoms with Crippen LogP contribution in [0.2, 0.25) is 0 Å². The Morgan fingerprint density at radius 1 is 1.57 bits per heavy atom. The molecule has 0 aliphatic rings. The molecule has 0 fully saturated rings. The first-order valence-corrected chi connectivity index (χ1v) is 6.39. The number of hydrogen-bond acceptors (Lipinski definition) is 3. The van der Waals surface area contributed by atoms with Crippen LogP contribution in [0.4, 0.5) is 0 Å². The summed E-state index contributed by atoms with van der Waals surface area (Å²) >= 11 is 5.32. The lowest BCUT2D eigenvalue weighted by molar-refractivity contribution is 0.120. The fourth-order valence-corrected chi connectivity index (χ4v) is 2.68. The topological polar surface area (TPSA) is 12.5 Å². The van der Waals surface area contributed by atoms with Crippen molar-refractivity contribution in [2.75, 3.05) is 26.8 Å². The summed E-state index contributed by atoms with van der Waals surface area (Å²) in [6, 6.07) is 2.09. The average Bonchev–Trinajstić information content (AvgIpc) is 2.52. The van der Waals surface area contributed by atoms with Gasteiger partial charge >= 0.3 is 0 Å². The molecule has 1 aromatic heterocycles. The highest BCUT2D eigenvalue weighted by Crippen LogP contribution is 2.23. The van der Waals surface area contributed by atoms with Crippen molar-refractivity contribution in [3.63, 3.8) is 0 Å². The molecule has 0 unspecified atom stereocenters. The van der Waals surface area contributed by atoms with Gasteiger partial charge in [0.05, 0.1) is 6.61 Å². The molecule has 0 N–H and O–H groups in total. The SMILES string of the molecule is CCOCCN(C)Cc1sccc1Br. The van der Waals surface area contributed by atoms with E-state index in [1.165, 1.54) is 9.35 Å². The predicted molar refractivity (Wildman–Crippen MR) is 64.8 cm³/mol. The van der Waals surface area contributed by atoms with Gasteiger partial charge in [-0.2, -0.15) is 0 Å². The minimum absolute atomic E-state index is 0.802. The van der Waals surface area contributed by atoms with Gasteiger partial charge in [-0.05, 0) is 41.3 Å². The monoisotopic (exact) mass is 277 g/mol. The van der Waals surface area contributed by atoms with Crippen LogP contribution in [-0.2, 0) is 11.3 Å². The summed E-state index contributed by atoms with van der Waals surface area (Å²) < 4.78 is 6.52. The van der Waals surface area contributed by atoms with Gasteiger partial charge in [-0.1, -0.05) is 0 Å².